The van der Waals surface area contributed by atoms with Crippen molar-refractivity contribution in [1.82, 2.24) is 0 Å². The Morgan fingerprint density at radius 1 is 0.331 bits per heavy atom. The maximum atomic E-state index is 10.0. The van der Waals surface area contributed by atoms with E-state index in [0.717, 1.165) is 114 Å². The first-order valence-electron chi connectivity index (χ1n) is 38.7. The number of rotatable bonds is 14. The second-order valence-corrected chi connectivity index (χ2v) is 50.8. The topological polar surface area (TPSA) is 205 Å². The SMILES string of the molecule is CN=Cc1cc(-c2ccccc2)cc(C)c1O.CN=Cc1cc(C)cc(C)c1O.COc1cc(C)c(O)c(C=NCC2CCCCC2)c1.Cc1cc(C)c(O)c(C=NC2CCCCC2C)c1.Cc1cccc(C=NC2CCCCC2C)c1O.Cc1cccc(C=NCC2CCCCC2)c1O.[Cl][Zr][Cl].[Cl][Zr][Cl].[Cl][Zr][Cl].[Cl][Zr][Cl].[Cl][Zr][Cl].[Cl][Zr][Cl]. The van der Waals surface area contributed by atoms with Crippen molar-refractivity contribution < 1.29 is 160 Å². The molecule has 118 heavy (non-hydrogen) atoms. The van der Waals surface area contributed by atoms with E-state index in [1.165, 1.54) is 121 Å². The van der Waals surface area contributed by atoms with Crippen LogP contribution in [0.1, 0.15) is 207 Å². The Hall–Kier alpha value is -0.0613. The van der Waals surface area contributed by atoms with Gasteiger partial charge in [0.05, 0.1) is 19.2 Å². The van der Waals surface area contributed by atoms with Gasteiger partial charge in [-0.25, -0.2) is 0 Å². The van der Waals surface area contributed by atoms with Gasteiger partial charge in [-0.3, -0.25) is 30.0 Å². The van der Waals surface area contributed by atoms with Crippen LogP contribution < -0.4 is 4.74 Å². The Balaban J connectivity index is 0.00000134. The molecule has 4 atom stereocenters. The Morgan fingerprint density at radius 2 is 0.644 bits per heavy atom. The molecule has 0 spiro atoms. The molecule has 4 fully saturated rings. The van der Waals surface area contributed by atoms with E-state index in [0.29, 0.717) is 58.4 Å². The van der Waals surface area contributed by atoms with Crippen molar-refractivity contribution in [2.45, 2.75) is 197 Å². The van der Waals surface area contributed by atoms with E-state index in [-0.39, 0.29) is 0 Å². The summed E-state index contributed by atoms with van der Waals surface area (Å²) in [5.41, 5.74) is 14.7. The quantitative estimate of drug-likeness (QED) is 0.0581. The van der Waals surface area contributed by atoms with Crippen LogP contribution in [0.25, 0.3) is 11.1 Å². The minimum atomic E-state index is -0.826. The molecule has 31 heteroatoms. The molecule has 4 unspecified atom stereocenters. The van der Waals surface area contributed by atoms with Crippen LogP contribution in [0.4, 0.5) is 0 Å². The van der Waals surface area contributed by atoms with Crippen molar-refractivity contribution in [2.75, 3.05) is 34.3 Å². The molecule has 0 bridgehead atoms. The second kappa shape index (κ2) is 74.8. The first kappa shape index (κ1) is 118. The summed E-state index contributed by atoms with van der Waals surface area (Å²) < 4.78 is 5.21. The number of para-hydroxylation sites is 2. The number of aliphatic imine (C=N–C) groups is 6. The number of phenolic OH excluding ortho intramolecular Hbond substituents is 6. The first-order valence-corrected chi connectivity index (χ1v) is 76.7. The van der Waals surface area contributed by atoms with Crippen LogP contribution in [-0.2, 0) is 125 Å². The predicted molar refractivity (Wildman–Crippen MR) is 492 cm³/mol. The number of hydrogen-bond donors (Lipinski definition) is 6. The Labute approximate surface area is 817 Å². The molecule has 4 saturated carbocycles. The summed E-state index contributed by atoms with van der Waals surface area (Å²) in [5.74, 6) is 5.59. The Morgan fingerprint density at radius 3 is 1.03 bits per heavy atom. The maximum absolute atomic E-state index is 10.0. The molecule has 7 aromatic rings. The molecule has 6 N–H and O–H groups in total. The predicted octanol–water partition coefficient (Wildman–Crippen LogP) is 28.8. The summed E-state index contributed by atoms with van der Waals surface area (Å²) in [5, 5.41) is 59.2. The van der Waals surface area contributed by atoms with E-state index in [1.54, 1.807) is 39.8 Å². The molecule has 13 nitrogen and oxygen atoms in total. The molecular weight excluding hydrogens is 2210 g/mol. The van der Waals surface area contributed by atoms with Gasteiger partial charge in [-0.15, -0.1) is 0 Å². The van der Waals surface area contributed by atoms with Gasteiger partial charge in [0, 0.05) is 97.9 Å². The molecule has 0 radical (unpaired) electrons. The molecular formula is C87H116Cl12N6O7Zr6. The van der Waals surface area contributed by atoms with Gasteiger partial charge in [-0.1, -0.05) is 145 Å². The summed E-state index contributed by atoms with van der Waals surface area (Å²) in [4.78, 5) is 26.1. The van der Waals surface area contributed by atoms with Crippen LogP contribution in [0, 0.1) is 79.1 Å². The zero-order chi connectivity index (χ0) is 88.8. The van der Waals surface area contributed by atoms with Crippen LogP contribution in [0.15, 0.2) is 145 Å². The molecule has 0 saturated heterocycles. The van der Waals surface area contributed by atoms with Gasteiger partial charge < -0.3 is 35.4 Å². The number of methoxy groups -OCH3 is 1. The van der Waals surface area contributed by atoms with Crippen LogP contribution in [-0.4, -0.2) is 114 Å². The standard InChI is InChI=1S/C16H23NO2.C16H23NO.C15H21NO.C15H15NO.C15H21NO.C10H13NO.12ClH.6Zr/c1-12-8-15(19-2)9-14(16(12)18)11-17-10-13-6-4-3-5-7-13;1-11-8-13(3)16(18)14(9-11)10-17-15-7-5-4-6-12(15)2;1-11-6-3-4-9-14(11)16-10-13-8-5-7-12(2)15(13)17;1-11-8-13(12-6-4-3-5-7-12)9-14(10-16-2)15(11)17;1-12-6-5-9-14(15(12)17)11-16-10-13-7-3-2-4-8-13;1-7-4-8(2)10(12)9(5-7)6-11-3;;;;;;;;;;;;;;;;;;/h8-9,11,13,18H,3-7,10H2,1-2H3;8-10,12,15,18H,4-7H2,1-3H3;5,7-8,10-11,14,17H,3-4,6,9H2,1-2H3;3-10,17H,1-2H3;5-6,9,11,13,17H,2-4,7-8,10H2,1H3;4-6,12H,1-3H3;12*1H;;;;;;/q;;;;;;;;;;;;;;;;;;6*+2/p-12. The van der Waals surface area contributed by atoms with Crippen molar-refractivity contribution in [3.8, 4) is 51.4 Å². The fraction of sp³-hybridized carbons (Fsp3) is 0.448. The van der Waals surface area contributed by atoms with Crippen LogP contribution in [0.3, 0.4) is 0 Å². The van der Waals surface area contributed by atoms with Crippen molar-refractivity contribution in [1.29, 1.82) is 0 Å². The summed E-state index contributed by atoms with van der Waals surface area (Å²) >= 11 is -4.95. The van der Waals surface area contributed by atoms with Gasteiger partial charge in [0.25, 0.3) is 0 Å². The van der Waals surface area contributed by atoms with Gasteiger partial charge in [0.2, 0.25) is 0 Å². The van der Waals surface area contributed by atoms with Gasteiger partial charge in [-0.2, -0.15) is 0 Å². The Bertz CT molecular complexity index is 4020. The minimum absolute atomic E-state index is 0.299. The molecule has 0 amide bonds. The average molecular weight is 2330 g/mol. The van der Waals surface area contributed by atoms with E-state index in [4.69, 9.17) is 112 Å². The van der Waals surface area contributed by atoms with Gasteiger partial charge in [-0.05, 0) is 235 Å². The molecule has 11 rings (SSSR count). The number of benzene rings is 7. The number of nitrogens with zero attached hydrogens (tertiary/aromatic N) is 6. The van der Waals surface area contributed by atoms with Crippen LogP contribution in [0.2, 0.25) is 0 Å². The van der Waals surface area contributed by atoms with Crippen molar-refractivity contribution in [2.24, 2.45) is 53.6 Å². The number of aryl methyl sites for hydroxylation is 8. The van der Waals surface area contributed by atoms with Crippen molar-refractivity contribution >= 4 is 139 Å². The normalized spacial score (nSPS) is 16.1. The zero-order valence-electron chi connectivity index (χ0n) is 69.9. The van der Waals surface area contributed by atoms with Gasteiger partial charge in [0.15, 0.2) is 0 Å². The summed E-state index contributed by atoms with van der Waals surface area (Å²) in [6.07, 6.45) is 34.2. The van der Waals surface area contributed by atoms with E-state index < -0.39 is 125 Å². The van der Waals surface area contributed by atoms with Gasteiger partial charge >= 0.3 is 227 Å². The number of ether oxygens (including phenoxy) is 1. The number of aromatic hydroxyl groups is 6. The van der Waals surface area contributed by atoms with E-state index >= 15 is 0 Å². The summed E-state index contributed by atoms with van der Waals surface area (Å²) in [6.45, 7) is 21.8. The average Bonchev–Trinajstić information content (AvgIpc) is 0.826. The van der Waals surface area contributed by atoms with Gasteiger partial charge in [0.1, 0.15) is 40.2 Å². The third kappa shape index (κ3) is 51.8. The number of halogens is 12. The van der Waals surface area contributed by atoms with Crippen molar-refractivity contribution in [3.05, 3.63) is 193 Å². The molecule has 0 aromatic heterocycles. The number of phenols is 6. The zero-order valence-corrected chi connectivity index (χ0v) is 93.7. The fourth-order valence-corrected chi connectivity index (χ4v) is 13.5. The molecule has 644 valence electrons. The second-order valence-electron chi connectivity index (χ2n) is 28.5. The first-order chi connectivity index (χ1) is 56.6. The summed E-state index contributed by atoms with van der Waals surface area (Å²) in [6, 6.07) is 38.0. The van der Waals surface area contributed by atoms with Crippen molar-refractivity contribution in [3.63, 3.8) is 0 Å². The molecule has 4 aliphatic carbocycles. The molecule has 0 heterocycles. The third-order valence-corrected chi connectivity index (χ3v) is 19.6. The molecule has 0 aliphatic heterocycles. The van der Waals surface area contributed by atoms with E-state index in [1.807, 2.05) is 177 Å². The van der Waals surface area contributed by atoms with E-state index in [2.05, 4.69) is 50.9 Å². The monoisotopic (exact) mass is 2320 g/mol. The van der Waals surface area contributed by atoms with Crippen LogP contribution in [0.5, 0.6) is 40.2 Å². The van der Waals surface area contributed by atoms with E-state index in [9.17, 15) is 30.6 Å². The van der Waals surface area contributed by atoms with Crippen LogP contribution >= 0.6 is 102 Å². The molecule has 4 aliphatic rings. The number of hydrogen-bond acceptors (Lipinski definition) is 13. The molecule has 7 aromatic carbocycles. The third-order valence-electron chi connectivity index (χ3n) is 19.6. The Kier molecular flexibility index (Phi) is 74.8. The fourth-order valence-electron chi connectivity index (χ4n) is 13.5. The summed E-state index contributed by atoms with van der Waals surface area (Å²) in [7, 11) is 64.2.